The number of thiophene rings is 1. The Bertz CT molecular complexity index is 529. The van der Waals surface area contributed by atoms with E-state index in [-0.39, 0.29) is 14.7 Å². The van der Waals surface area contributed by atoms with Crippen LogP contribution < -0.4 is 10.5 Å². The molecule has 88 valence electrons. The average molecular weight is 276 g/mol. The summed E-state index contributed by atoms with van der Waals surface area (Å²) in [5.41, 5.74) is 5.18. The van der Waals surface area contributed by atoms with Crippen molar-refractivity contribution < 1.29 is 8.42 Å². The van der Waals surface area contributed by atoms with Crippen molar-refractivity contribution >= 4 is 38.6 Å². The molecule has 0 unspecified atom stereocenters. The number of rotatable bonds is 4. The average Bonchev–Trinajstić information content (AvgIpc) is 2.69. The number of hydrogen-bond acceptors (Lipinski definition) is 4. The molecular formula is C9H12N2O2S3. The van der Waals surface area contributed by atoms with Crippen LogP contribution in [-0.4, -0.2) is 18.9 Å². The van der Waals surface area contributed by atoms with Crippen LogP contribution in [0.3, 0.4) is 0 Å². The number of hydrogen-bond donors (Lipinski definition) is 2. The summed E-state index contributed by atoms with van der Waals surface area (Å²) >= 11 is 5.89. The van der Waals surface area contributed by atoms with Gasteiger partial charge in [-0.3, -0.25) is 0 Å². The van der Waals surface area contributed by atoms with E-state index in [1.54, 1.807) is 6.07 Å². The van der Waals surface area contributed by atoms with Gasteiger partial charge in [-0.25, -0.2) is 13.1 Å². The normalized spacial score (nSPS) is 18.3. The Kier molecular flexibility index (Phi) is 2.82. The van der Waals surface area contributed by atoms with Gasteiger partial charge in [-0.2, -0.15) is 0 Å². The van der Waals surface area contributed by atoms with Gasteiger partial charge in [0.25, 0.3) is 10.0 Å². The molecule has 1 aliphatic rings. The van der Waals surface area contributed by atoms with Gasteiger partial charge in [0, 0.05) is 5.54 Å². The van der Waals surface area contributed by atoms with E-state index in [4.69, 9.17) is 18.0 Å². The number of nitrogens with one attached hydrogen (secondary N) is 1. The van der Waals surface area contributed by atoms with Gasteiger partial charge in [-0.05, 0) is 31.9 Å². The van der Waals surface area contributed by atoms with Crippen molar-refractivity contribution in [1.29, 1.82) is 0 Å². The molecule has 7 heteroatoms. The third-order valence-corrected chi connectivity index (χ3v) is 6.07. The molecule has 1 aromatic heterocycles. The lowest BCUT2D eigenvalue weighted by Gasteiger charge is -2.10. The summed E-state index contributed by atoms with van der Waals surface area (Å²) in [5.74, 6) is 0. The Hall–Kier alpha value is -0.500. The van der Waals surface area contributed by atoms with Crippen LogP contribution in [0, 0.1) is 0 Å². The maximum atomic E-state index is 11.9. The second-order valence-electron chi connectivity index (χ2n) is 4.15. The predicted octanol–water partition coefficient (Wildman–Crippen LogP) is 1.21. The van der Waals surface area contributed by atoms with E-state index in [2.05, 4.69) is 4.72 Å². The summed E-state index contributed by atoms with van der Waals surface area (Å²) < 4.78 is 26.8. The minimum atomic E-state index is -3.41. The zero-order chi connectivity index (χ0) is 12.0. The Balaban J connectivity index is 2.25. The molecule has 0 saturated heterocycles. The Morgan fingerprint density at radius 2 is 2.19 bits per heavy atom. The molecule has 16 heavy (non-hydrogen) atoms. The summed E-state index contributed by atoms with van der Waals surface area (Å²) in [6, 6.07) is 3.17. The Morgan fingerprint density at radius 1 is 1.56 bits per heavy atom. The van der Waals surface area contributed by atoms with Crippen molar-refractivity contribution in [2.24, 2.45) is 5.73 Å². The summed E-state index contributed by atoms with van der Waals surface area (Å²) in [7, 11) is -3.41. The molecule has 0 aromatic carbocycles. The largest absolute Gasteiger partial charge is 0.389 e. The molecule has 0 atom stereocenters. The van der Waals surface area contributed by atoms with Crippen molar-refractivity contribution in [3.63, 3.8) is 0 Å². The zero-order valence-electron chi connectivity index (χ0n) is 8.69. The van der Waals surface area contributed by atoms with Gasteiger partial charge in [0.15, 0.2) is 0 Å². The molecule has 0 amide bonds. The van der Waals surface area contributed by atoms with E-state index < -0.39 is 10.0 Å². The van der Waals surface area contributed by atoms with Crippen molar-refractivity contribution in [1.82, 2.24) is 4.72 Å². The molecule has 1 fully saturated rings. The molecule has 1 heterocycles. The SMILES string of the molecule is CC1(NS(=O)(=O)c2ccc(C(N)=S)s2)CC1. The molecule has 0 bridgehead atoms. The van der Waals surface area contributed by atoms with Crippen LogP contribution >= 0.6 is 23.6 Å². The van der Waals surface area contributed by atoms with E-state index in [1.165, 1.54) is 6.07 Å². The monoisotopic (exact) mass is 276 g/mol. The smallest absolute Gasteiger partial charge is 0.250 e. The fraction of sp³-hybridized carbons (Fsp3) is 0.444. The summed E-state index contributed by atoms with van der Waals surface area (Å²) in [6.07, 6.45) is 1.78. The fourth-order valence-corrected chi connectivity index (χ4v) is 4.08. The summed E-state index contributed by atoms with van der Waals surface area (Å²) in [5, 5.41) is 0. The first-order chi connectivity index (χ1) is 7.32. The molecule has 0 radical (unpaired) electrons. The highest BCUT2D eigenvalue weighted by Gasteiger charge is 2.41. The number of nitrogens with two attached hydrogens (primary N) is 1. The third-order valence-electron chi connectivity index (χ3n) is 2.47. The summed E-state index contributed by atoms with van der Waals surface area (Å²) in [6.45, 7) is 1.90. The minimum absolute atomic E-state index is 0.226. The molecule has 0 spiro atoms. The van der Waals surface area contributed by atoms with E-state index in [0.717, 1.165) is 24.2 Å². The van der Waals surface area contributed by atoms with Gasteiger partial charge in [0.1, 0.15) is 9.20 Å². The van der Waals surface area contributed by atoms with Crippen LogP contribution in [0.25, 0.3) is 0 Å². The first kappa shape index (κ1) is 12.0. The molecule has 4 nitrogen and oxygen atoms in total. The van der Waals surface area contributed by atoms with E-state index >= 15 is 0 Å². The quantitative estimate of drug-likeness (QED) is 0.811. The number of thiocarbonyl (C=S) groups is 1. The van der Waals surface area contributed by atoms with E-state index in [1.807, 2.05) is 6.92 Å². The van der Waals surface area contributed by atoms with Crippen LogP contribution in [0.4, 0.5) is 0 Å². The van der Waals surface area contributed by atoms with Crippen molar-refractivity contribution in [3.05, 3.63) is 17.0 Å². The minimum Gasteiger partial charge on any atom is -0.389 e. The van der Waals surface area contributed by atoms with Crippen LogP contribution in [-0.2, 0) is 10.0 Å². The zero-order valence-corrected chi connectivity index (χ0v) is 11.1. The molecule has 0 aliphatic heterocycles. The summed E-state index contributed by atoms with van der Waals surface area (Å²) in [4.78, 5) is 0.848. The molecule has 1 saturated carbocycles. The maximum absolute atomic E-state index is 11.9. The lowest BCUT2D eigenvalue weighted by molar-refractivity contribution is 0.560. The topological polar surface area (TPSA) is 72.2 Å². The van der Waals surface area contributed by atoms with Crippen molar-refractivity contribution in [2.45, 2.75) is 29.5 Å². The van der Waals surface area contributed by atoms with Gasteiger partial charge >= 0.3 is 0 Å². The lowest BCUT2D eigenvalue weighted by atomic mass is 10.4. The molecule has 1 aromatic rings. The van der Waals surface area contributed by atoms with Crippen LogP contribution in [0.2, 0.25) is 0 Å². The van der Waals surface area contributed by atoms with Crippen LogP contribution in [0.15, 0.2) is 16.3 Å². The van der Waals surface area contributed by atoms with Gasteiger partial charge < -0.3 is 5.73 Å². The van der Waals surface area contributed by atoms with Gasteiger partial charge in [0.2, 0.25) is 0 Å². The molecular weight excluding hydrogens is 264 g/mol. The van der Waals surface area contributed by atoms with Crippen molar-refractivity contribution in [2.75, 3.05) is 0 Å². The first-order valence-electron chi connectivity index (χ1n) is 4.76. The maximum Gasteiger partial charge on any atom is 0.250 e. The number of sulfonamides is 1. The second-order valence-corrected chi connectivity index (χ2v) is 7.58. The van der Waals surface area contributed by atoms with Gasteiger partial charge in [-0.15, -0.1) is 11.3 Å². The molecule has 2 rings (SSSR count). The van der Waals surface area contributed by atoms with Crippen molar-refractivity contribution in [3.8, 4) is 0 Å². The fourth-order valence-electron chi connectivity index (χ4n) is 1.26. The highest BCUT2D eigenvalue weighted by molar-refractivity contribution is 7.91. The first-order valence-corrected chi connectivity index (χ1v) is 7.47. The molecule has 3 N–H and O–H groups in total. The predicted molar refractivity (Wildman–Crippen MR) is 68.2 cm³/mol. The third kappa shape index (κ3) is 2.42. The highest BCUT2D eigenvalue weighted by atomic mass is 32.2. The van der Waals surface area contributed by atoms with Gasteiger partial charge in [0.05, 0.1) is 4.88 Å². The molecule has 1 aliphatic carbocycles. The van der Waals surface area contributed by atoms with E-state index in [0.29, 0.717) is 4.88 Å². The second kappa shape index (κ2) is 3.76. The van der Waals surface area contributed by atoms with Gasteiger partial charge in [-0.1, -0.05) is 12.2 Å². The lowest BCUT2D eigenvalue weighted by Crippen LogP contribution is -2.33. The standard InChI is InChI=1S/C9H12N2O2S3/c1-9(4-5-9)11-16(12,13)7-3-2-6(15-7)8(10)14/h2-3,11H,4-5H2,1H3,(H2,10,14). The van der Waals surface area contributed by atoms with Crippen LogP contribution in [0.1, 0.15) is 24.6 Å². The van der Waals surface area contributed by atoms with Crippen LogP contribution in [0.5, 0.6) is 0 Å². The Labute approximate surface area is 104 Å². The highest BCUT2D eigenvalue weighted by Crippen LogP contribution is 2.36. The van der Waals surface area contributed by atoms with E-state index in [9.17, 15) is 8.42 Å². The Morgan fingerprint density at radius 3 is 2.62 bits per heavy atom.